The van der Waals surface area contributed by atoms with Gasteiger partial charge in [0.05, 0.1) is 6.42 Å². The van der Waals surface area contributed by atoms with Crippen LogP contribution in [0.1, 0.15) is 24.1 Å². The predicted molar refractivity (Wildman–Crippen MR) is 84.4 cm³/mol. The Labute approximate surface area is 124 Å². The number of anilines is 1. The van der Waals surface area contributed by atoms with Crippen molar-refractivity contribution in [3.8, 4) is 5.75 Å². The quantitative estimate of drug-likeness (QED) is 0.791. The van der Waals surface area contributed by atoms with Crippen LogP contribution in [0.4, 0.5) is 5.69 Å². The molecule has 0 radical (unpaired) electrons. The van der Waals surface area contributed by atoms with E-state index in [9.17, 15) is 9.90 Å². The molecule has 0 aromatic heterocycles. The molecule has 0 aliphatic heterocycles. The monoisotopic (exact) mass is 284 g/mol. The number of benzene rings is 2. The van der Waals surface area contributed by atoms with E-state index < -0.39 is 0 Å². The van der Waals surface area contributed by atoms with Gasteiger partial charge in [-0.15, -0.1) is 0 Å². The molecule has 2 aromatic rings. The Hall–Kier alpha value is -2.49. The first-order valence-corrected chi connectivity index (χ1v) is 6.93. The van der Waals surface area contributed by atoms with Crippen molar-refractivity contribution in [1.29, 1.82) is 0 Å². The lowest BCUT2D eigenvalue weighted by molar-refractivity contribution is -0.119. The van der Waals surface area contributed by atoms with Gasteiger partial charge >= 0.3 is 0 Å². The number of likely N-dealkylation sites (N-methyl/N-ethyl adjacent to an activating group) is 1. The van der Waals surface area contributed by atoms with Crippen LogP contribution in [0.25, 0.3) is 0 Å². The molecule has 2 rings (SSSR count). The molecule has 4 heteroatoms. The van der Waals surface area contributed by atoms with E-state index in [2.05, 4.69) is 10.6 Å². The van der Waals surface area contributed by atoms with E-state index in [-0.39, 0.29) is 17.7 Å². The van der Waals surface area contributed by atoms with E-state index in [1.165, 1.54) is 0 Å². The van der Waals surface area contributed by atoms with Gasteiger partial charge in [0.2, 0.25) is 5.91 Å². The fourth-order valence-corrected chi connectivity index (χ4v) is 2.12. The number of hydrogen-bond acceptors (Lipinski definition) is 3. The molecule has 0 fully saturated rings. The largest absolute Gasteiger partial charge is 0.508 e. The van der Waals surface area contributed by atoms with E-state index in [1.54, 1.807) is 19.2 Å². The van der Waals surface area contributed by atoms with E-state index in [1.807, 2.05) is 43.3 Å². The minimum absolute atomic E-state index is 0.00355. The van der Waals surface area contributed by atoms with E-state index in [4.69, 9.17) is 0 Å². The van der Waals surface area contributed by atoms with Crippen molar-refractivity contribution in [3.63, 3.8) is 0 Å². The SMILES string of the molecule is CNC(=O)Cc1ccc(NC(C)c2cccc(O)c2)cc1. The Morgan fingerprint density at radius 2 is 1.90 bits per heavy atom. The van der Waals surface area contributed by atoms with Gasteiger partial charge < -0.3 is 15.7 Å². The molecule has 0 saturated carbocycles. The summed E-state index contributed by atoms with van der Waals surface area (Å²) in [4.78, 5) is 11.3. The molecular formula is C17H20N2O2. The van der Waals surface area contributed by atoms with E-state index in [0.29, 0.717) is 6.42 Å². The number of phenols is 1. The third kappa shape index (κ3) is 4.24. The lowest BCUT2D eigenvalue weighted by Gasteiger charge is -2.16. The zero-order valence-electron chi connectivity index (χ0n) is 12.3. The van der Waals surface area contributed by atoms with Crippen LogP contribution in [0.2, 0.25) is 0 Å². The molecular weight excluding hydrogens is 264 g/mol. The van der Waals surface area contributed by atoms with Crippen molar-refractivity contribution in [1.82, 2.24) is 5.32 Å². The van der Waals surface area contributed by atoms with Crippen LogP contribution in [0.15, 0.2) is 48.5 Å². The summed E-state index contributed by atoms with van der Waals surface area (Å²) in [7, 11) is 1.63. The van der Waals surface area contributed by atoms with Gasteiger partial charge in [-0.1, -0.05) is 24.3 Å². The molecule has 0 aliphatic carbocycles. The highest BCUT2D eigenvalue weighted by Gasteiger charge is 2.06. The summed E-state index contributed by atoms with van der Waals surface area (Å²) in [6.07, 6.45) is 0.388. The fraction of sp³-hybridized carbons (Fsp3) is 0.235. The van der Waals surface area contributed by atoms with Crippen molar-refractivity contribution in [3.05, 3.63) is 59.7 Å². The summed E-state index contributed by atoms with van der Waals surface area (Å²) >= 11 is 0. The Kier molecular flexibility index (Phi) is 4.82. The number of nitrogens with one attached hydrogen (secondary N) is 2. The number of carbonyl (C=O) groups is 1. The normalized spacial score (nSPS) is 11.7. The predicted octanol–water partition coefficient (Wildman–Crippen LogP) is 2.85. The smallest absolute Gasteiger partial charge is 0.224 e. The fourth-order valence-electron chi connectivity index (χ4n) is 2.12. The highest BCUT2D eigenvalue weighted by Crippen LogP contribution is 2.22. The number of amides is 1. The average Bonchev–Trinajstić information content (AvgIpc) is 2.49. The van der Waals surface area contributed by atoms with Crippen LogP contribution >= 0.6 is 0 Å². The first kappa shape index (κ1) is 14.9. The van der Waals surface area contributed by atoms with Crippen molar-refractivity contribution in [2.75, 3.05) is 12.4 Å². The van der Waals surface area contributed by atoms with Gasteiger partial charge in [0.1, 0.15) is 5.75 Å². The molecule has 110 valence electrons. The van der Waals surface area contributed by atoms with Gasteiger partial charge in [0.25, 0.3) is 0 Å². The summed E-state index contributed by atoms with van der Waals surface area (Å²) in [6, 6.07) is 15.1. The second-order valence-electron chi connectivity index (χ2n) is 5.01. The molecule has 2 aromatic carbocycles. The number of rotatable bonds is 5. The lowest BCUT2D eigenvalue weighted by atomic mass is 10.1. The molecule has 0 spiro atoms. The molecule has 4 nitrogen and oxygen atoms in total. The molecule has 0 aliphatic rings. The summed E-state index contributed by atoms with van der Waals surface area (Å²) in [6.45, 7) is 2.03. The van der Waals surface area contributed by atoms with Crippen LogP contribution < -0.4 is 10.6 Å². The van der Waals surface area contributed by atoms with Gasteiger partial charge in [-0.3, -0.25) is 4.79 Å². The van der Waals surface area contributed by atoms with Crippen LogP contribution in [0, 0.1) is 0 Å². The summed E-state index contributed by atoms with van der Waals surface area (Å²) < 4.78 is 0. The van der Waals surface area contributed by atoms with Gasteiger partial charge in [0.15, 0.2) is 0 Å². The maximum Gasteiger partial charge on any atom is 0.224 e. The number of hydrogen-bond donors (Lipinski definition) is 3. The van der Waals surface area contributed by atoms with Gasteiger partial charge in [-0.25, -0.2) is 0 Å². The topological polar surface area (TPSA) is 61.4 Å². The number of aromatic hydroxyl groups is 1. The summed E-state index contributed by atoms with van der Waals surface area (Å²) in [5, 5.41) is 15.5. The molecule has 0 saturated heterocycles. The Balaban J connectivity index is 2.01. The third-order valence-corrected chi connectivity index (χ3v) is 3.35. The van der Waals surface area contributed by atoms with Crippen LogP contribution in [0.5, 0.6) is 5.75 Å². The Bertz CT molecular complexity index is 608. The van der Waals surface area contributed by atoms with Gasteiger partial charge in [-0.05, 0) is 42.3 Å². The minimum Gasteiger partial charge on any atom is -0.508 e. The van der Waals surface area contributed by atoms with Crippen molar-refractivity contribution in [2.24, 2.45) is 0 Å². The first-order chi connectivity index (χ1) is 10.1. The van der Waals surface area contributed by atoms with Crippen molar-refractivity contribution < 1.29 is 9.90 Å². The second-order valence-corrected chi connectivity index (χ2v) is 5.01. The van der Waals surface area contributed by atoms with E-state index >= 15 is 0 Å². The molecule has 21 heavy (non-hydrogen) atoms. The molecule has 1 unspecified atom stereocenters. The maximum absolute atomic E-state index is 11.3. The molecule has 3 N–H and O–H groups in total. The number of carbonyl (C=O) groups excluding carboxylic acids is 1. The third-order valence-electron chi connectivity index (χ3n) is 3.35. The maximum atomic E-state index is 11.3. The Morgan fingerprint density at radius 3 is 2.52 bits per heavy atom. The molecule has 1 amide bonds. The molecule has 0 heterocycles. The lowest BCUT2D eigenvalue weighted by Crippen LogP contribution is -2.19. The summed E-state index contributed by atoms with van der Waals surface area (Å²) in [5.41, 5.74) is 2.97. The molecule has 1 atom stereocenters. The van der Waals surface area contributed by atoms with Crippen molar-refractivity contribution >= 4 is 11.6 Å². The Morgan fingerprint density at radius 1 is 1.19 bits per heavy atom. The minimum atomic E-state index is 0.00355. The zero-order valence-corrected chi connectivity index (χ0v) is 12.3. The second kappa shape index (κ2) is 6.79. The zero-order chi connectivity index (χ0) is 15.2. The van der Waals surface area contributed by atoms with Crippen LogP contribution in [-0.2, 0) is 11.2 Å². The standard InChI is InChI=1S/C17H20N2O2/c1-12(14-4-3-5-16(20)11-14)19-15-8-6-13(7-9-15)10-17(21)18-2/h3-9,11-12,19-20H,10H2,1-2H3,(H,18,21). The average molecular weight is 284 g/mol. The van der Waals surface area contributed by atoms with Crippen molar-refractivity contribution in [2.45, 2.75) is 19.4 Å². The molecule has 0 bridgehead atoms. The van der Waals surface area contributed by atoms with Gasteiger partial charge in [0, 0.05) is 18.8 Å². The summed E-state index contributed by atoms with van der Waals surface area (Å²) in [5.74, 6) is 0.269. The highest BCUT2D eigenvalue weighted by molar-refractivity contribution is 5.78. The first-order valence-electron chi connectivity index (χ1n) is 6.93. The van der Waals surface area contributed by atoms with Crippen LogP contribution in [-0.4, -0.2) is 18.1 Å². The number of phenolic OH excluding ortho intramolecular Hbond substituents is 1. The van der Waals surface area contributed by atoms with E-state index in [0.717, 1.165) is 16.8 Å². The van der Waals surface area contributed by atoms with Crippen LogP contribution in [0.3, 0.4) is 0 Å². The highest BCUT2D eigenvalue weighted by atomic mass is 16.3. The van der Waals surface area contributed by atoms with Gasteiger partial charge in [-0.2, -0.15) is 0 Å².